The van der Waals surface area contributed by atoms with Crippen molar-refractivity contribution in [3.63, 3.8) is 0 Å². The molecule has 7 heteroatoms. The molecule has 1 unspecified atom stereocenters. The van der Waals surface area contributed by atoms with Gasteiger partial charge in [-0.15, -0.1) is 0 Å². The zero-order valence-corrected chi connectivity index (χ0v) is 11.5. The number of likely N-dealkylation sites (tertiary alicyclic amines) is 1. The molecule has 1 aliphatic heterocycles. The summed E-state index contributed by atoms with van der Waals surface area (Å²) in [6.07, 6.45) is 1.51. The Morgan fingerprint density at radius 2 is 2.00 bits per heavy atom. The summed E-state index contributed by atoms with van der Waals surface area (Å²) in [5, 5.41) is 0. The lowest BCUT2D eigenvalue weighted by Crippen LogP contribution is -2.48. The van der Waals surface area contributed by atoms with Gasteiger partial charge in [0.05, 0.1) is 12.4 Å². The highest BCUT2D eigenvalue weighted by molar-refractivity contribution is 7.88. The van der Waals surface area contributed by atoms with Crippen LogP contribution in [0.1, 0.15) is 33.6 Å². The van der Waals surface area contributed by atoms with E-state index in [1.807, 2.05) is 0 Å². The van der Waals surface area contributed by atoms with Crippen molar-refractivity contribution in [2.45, 2.75) is 45.4 Å². The summed E-state index contributed by atoms with van der Waals surface area (Å²) in [6.45, 7) is 5.85. The molecule has 0 aromatic rings. The monoisotopic (exact) mass is 264 g/mol. The molecule has 6 nitrogen and oxygen atoms in total. The topological polar surface area (TPSA) is 75.7 Å². The van der Waals surface area contributed by atoms with Gasteiger partial charge in [-0.05, 0) is 33.6 Å². The Hall–Kier alpha value is -0.820. The van der Waals surface area contributed by atoms with E-state index in [0.717, 1.165) is 12.7 Å². The molecule has 0 saturated carbocycles. The normalized spacial score (nSPS) is 21.6. The third-order valence-electron chi connectivity index (χ3n) is 2.23. The maximum atomic E-state index is 11.8. The van der Waals surface area contributed by atoms with Crippen LogP contribution in [0.2, 0.25) is 0 Å². The third kappa shape index (κ3) is 4.91. The van der Waals surface area contributed by atoms with E-state index in [9.17, 15) is 13.2 Å². The Labute approximate surface area is 102 Å². The lowest BCUT2D eigenvalue weighted by Gasteiger charge is -2.28. The first kappa shape index (κ1) is 14.2. The molecule has 17 heavy (non-hydrogen) atoms. The minimum Gasteiger partial charge on any atom is -0.444 e. The van der Waals surface area contributed by atoms with Crippen LogP contribution >= 0.6 is 0 Å². The predicted octanol–water partition coefficient (Wildman–Crippen LogP) is 0.893. The molecular weight excluding hydrogens is 244 g/mol. The number of ether oxygens (including phenoxy) is 1. The maximum Gasteiger partial charge on any atom is 0.411 e. The van der Waals surface area contributed by atoms with Crippen LogP contribution < -0.4 is 4.72 Å². The number of rotatable bonds is 2. The number of carbonyl (C=O) groups excluding carboxylic acids is 1. The maximum absolute atomic E-state index is 11.8. The van der Waals surface area contributed by atoms with Crippen molar-refractivity contribution in [1.82, 2.24) is 9.62 Å². The van der Waals surface area contributed by atoms with Gasteiger partial charge in [0.25, 0.3) is 0 Å². The Kier molecular flexibility index (Phi) is 4.03. The quantitative estimate of drug-likeness (QED) is 0.803. The molecule has 1 heterocycles. The number of amides is 1. The Bertz CT molecular complexity index is 386. The molecule has 0 radical (unpaired) electrons. The SMILES string of the molecule is CC(C)(C)OC(=O)N1CCCC1NS(C)(=O)=O. The Morgan fingerprint density at radius 1 is 1.41 bits per heavy atom. The van der Waals surface area contributed by atoms with Gasteiger partial charge in [-0.1, -0.05) is 0 Å². The summed E-state index contributed by atoms with van der Waals surface area (Å²) in [7, 11) is -3.32. The first-order valence-electron chi connectivity index (χ1n) is 5.55. The molecule has 100 valence electrons. The molecule has 0 aromatic carbocycles. The molecule has 0 aromatic heterocycles. The van der Waals surface area contributed by atoms with Crippen molar-refractivity contribution in [1.29, 1.82) is 0 Å². The molecule has 0 bridgehead atoms. The fraction of sp³-hybridized carbons (Fsp3) is 0.900. The molecule has 1 atom stereocenters. The summed E-state index contributed by atoms with van der Waals surface area (Å²) < 4.78 is 30.0. The van der Waals surface area contributed by atoms with Crippen LogP contribution in [0.15, 0.2) is 0 Å². The molecule has 1 rings (SSSR count). The largest absolute Gasteiger partial charge is 0.444 e. The van der Waals surface area contributed by atoms with E-state index in [1.54, 1.807) is 20.8 Å². The molecule has 0 spiro atoms. The zero-order chi connectivity index (χ0) is 13.3. The molecule has 0 aliphatic carbocycles. The van der Waals surface area contributed by atoms with Gasteiger partial charge in [-0.2, -0.15) is 4.72 Å². The molecule has 1 aliphatic rings. The average Bonchev–Trinajstić information content (AvgIpc) is 2.45. The summed E-state index contributed by atoms with van der Waals surface area (Å²) in [5.41, 5.74) is -0.574. The number of nitrogens with zero attached hydrogens (tertiary/aromatic N) is 1. The molecule has 1 amide bonds. The summed E-state index contributed by atoms with van der Waals surface area (Å²) in [4.78, 5) is 13.2. The second-order valence-electron chi connectivity index (χ2n) is 5.22. The molecule has 1 N–H and O–H groups in total. The van der Waals surface area contributed by atoms with Crippen LogP contribution in [0.5, 0.6) is 0 Å². The fourth-order valence-corrected chi connectivity index (χ4v) is 2.41. The van der Waals surface area contributed by atoms with Crippen molar-refractivity contribution in [2.24, 2.45) is 0 Å². The van der Waals surface area contributed by atoms with Crippen LogP contribution in [-0.4, -0.2) is 44.0 Å². The first-order valence-corrected chi connectivity index (χ1v) is 7.44. The van der Waals surface area contributed by atoms with E-state index in [-0.39, 0.29) is 0 Å². The van der Waals surface area contributed by atoms with Crippen molar-refractivity contribution >= 4 is 16.1 Å². The number of nitrogens with one attached hydrogen (secondary N) is 1. The first-order chi connectivity index (χ1) is 7.58. The standard InChI is InChI=1S/C10H20N2O4S/c1-10(2,3)16-9(13)12-7-5-6-8(12)11-17(4,14)15/h8,11H,5-7H2,1-4H3. The van der Waals surface area contributed by atoms with Crippen LogP contribution in [0, 0.1) is 0 Å². The summed E-state index contributed by atoms with van der Waals surface area (Å²) >= 11 is 0. The Morgan fingerprint density at radius 3 is 2.47 bits per heavy atom. The van der Waals surface area contributed by atoms with E-state index in [4.69, 9.17) is 4.74 Å². The van der Waals surface area contributed by atoms with E-state index >= 15 is 0 Å². The number of carbonyl (C=O) groups is 1. The third-order valence-corrected chi connectivity index (χ3v) is 2.93. The van der Waals surface area contributed by atoms with Crippen molar-refractivity contribution in [3.8, 4) is 0 Å². The molecule has 1 fully saturated rings. The fourth-order valence-electron chi connectivity index (χ4n) is 1.68. The van der Waals surface area contributed by atoms with Gasteiger partial charge in [0.15, 0.2) is 0 Å². The minimum absolute atomic E-state index is 0.476. The average molecular weight is 264 g/mol. The predicted molar refractivity (Wildman–Crippen MR) is 63.9 cm³/mol. The smallest absolute Gasteiger partial charge is 0.411 e. The van der Waals surface area contributed by atoms with E-state index in [1.165, 1.54) is 4.90 Å². The van der Waals surface area contributed by atoms with Crippen LogP contribution in [0.25, 0.3) is 0 Å². The number of hydrogen-bond acceptors (Lipinski definition) is 4. The number of hydrogen-bond donors (Lipinski definition) is 1. The van der Waals surface area contributed by atoms with Gasteiger partial charge >= 0.3 is 6.09 Å². The van der Waals surface area contributed by atoms with Crippen LogP contribution in [0.4, 0.5) is 4.79 Å². The summed E-state index contributed by atoms with van der Waals surface area (Å²) in [6, 6.07) is 0. The molecule has 1 saturated heterocycles. The van der Waals surface area contributed by atoms with E-state index in [2.05, 4.69) is 4.72 Å². The van der Waals surface area contributed by atoms with Gasteiger partial charge < -0.3 is 4.74 Å². The van der Waals surface area contributed by atoms with Crippen molar-refractivity contribution in [3.05, 3.63) is 0 Å². The van der Waals surface area contributed by atoms with E-state index in [0.29, 0.717) is 13.0 Å². The van der Waals surface area contributed by atoms with Crippen molar-refractivity contribution in [2.75, 3.05) is 12.8 Å². The zero-order valence-electron chi connectivity index (χ0n) is 10.7. The second kappa shape index (κ2) is 4.81. The highest BCUT2D eigenvalue weighted by atomic mass is 32.2. The highest BCUT2D eigenvalue weighted by Gasteiger charge is 2.33. The lowest BCUT2D eigenvalue weighted by atomic mass is 10.2. The lowest BCUT2D eigenvalue weighted by molar-refractivity contribution is 0.0219. The summed E-state index contributed by atoms with van der Waals surface area (Å²) in [5.74, 6) is 0. The van der Waals surface area contributed by atoms with Crippen LogP contribution in [-0.2, 0) is 14.8 Å². The second-order valence-corrected chi connectivity index (χ2v) is 7.00. The van der Waals surface area contributed by atoms with Gasteiger partial charge in [0.2, 0.25) is 10.0 Å². The minimum atomic E-state index is -3.32. The molecular formula is C10H20N2O4S. The Balaban J connectivity index is 2.66. The van der Waals surface area contributed by atoms with Gasteiger partial charge in [0.1, 0.15) is 5.60 Å². The van der Waals surface area contributed by atoms with Gasteiger partial charge in [-0.25, -0.2) is 13.2 Å². The van der Waals surface area contributed by atoms with Crippen LogP contribution in [0.3, 0.4) is 0 Å². The van der Waals surface area contributed by atoms with E-state index < -0.39 is 27.9 Å². The van der Waals surface area contributed by atoms with Gasteiger partial charge in [-0.3, -0.25) is 4.90 Å². The highest BCUT2D eigenvalue weighted by Crippen LogP contribution is 2.19. The number of sulfonamides is 1. The van der Waals surface area contributed by atoms with Gasteiger partial charge in [0, 0.05) is 6.54 Å². The van der Waals surface area contributed by atoms with Crippen molar-refractivity contribution < 1.29 is 17.9 Å².